The van der Waals surface area contributed by atoms with Gasteiger partial charge in [-0.3, -0.25) is 9.69 Å². The number of piperazine rings is 1. The predicted octanol–water partition coefficient (Wildman–Crippen LogP) is 0.875. The number of carbonyl (C=O) groups excluding carboxylic acids is 1. The second-order valence-corrected chi connectivity index (χ2v) is 4.61. The zero-order valence-corrected chi connectivity index (χ0v) is 11.8. The highest BCUT2D eigenvalue weighted by atomic mass is 16.5. The molecule has 0 radical (unpaired) electrons. The standard InChI is InChI=1S/C16H20N2O2/c1-2-20-16(19)15-13-17-10-12-18(15)11-6-9-14-7-4-3-5-8-14/h3-5,7-8,15,17H,2,10-13H2,1H3. The van der Waals surface area contributed by atoms with Crippen molar-refractivity contribution >= 4 is 5.97 Å². The molecule has 2 rings (SSSR count). The average Bonchev–Trinajstić information content (AvgIpc) is 2.49. The Kier molecular flexibility index (Phi) is 5.60. The van der Waals surface area contributed by atoms with Crippen LogP contribution in [0.25, 0.3) is 0 Å². The summed E-state index contributed by atoms with van der Waals surface area (Å²) in [4.78, 5) is 14.0. The molecular formula is C16H20N2O2. The fourth-order valence-electron chi connectivity index (χ4n) is 2.17. The van der Waals surface area contributed by atoms with Crippen LogP contribution in [-0.2, 0) is 9.53 Å². The van der Waals surface area contributed by atoms with E-state index >= 15 is 0 Å². The molecule has 1 aromatic carbocycles. The lowest BCUT2D eigenvalue weighted by atomic mass is 10.2. The van der Waals surface area contributed by atoms with Crippen molar-refractivity contribution in [3.63, 3.8) is 0 Å². The van der Waals surface area contributed by atoms with Gasteiger partial charge in [0.25, 0.3) is 0 Å². The molecular weight excluding hydrogens is 252 g/mol. The van der Waals surface area contributed by atoms with Crippen LogP contribution in [-0.4, -0.2) is 49.7 Å². The topological polar surface area (TPSA) is 41.6 Å². The van der Waals surface area contributed by atoms with Crippen LogP contribution in [0.4, 0.5) is 0 Å². The van der Waals surface area contributed by atoms with Gasteiger partial charge in [0.15, 0.2) is 0 Å². The quantitative estimate of drug-likeness (QED) is 0.655. The molecule has 1 aliphatic rings. The number of ether oxygens (including phenoxy) is 1. The molecule has 1 heterocycles. The van der Waals surface area contributed by atoms with Gasteiger partial charge in [0.2, 0.25) is 0 Å². The molecule has 0 amide bonds. The van der Waals surface area contributed by atoms with Gasteiger partial charge in [-0.05, 0) is 19.1 Å². The third-order valence-corrected chi connectivity index (χ3v) is 3.20. The molecule has 1 aromatic rings. The Hall–Kier alpha value is -1.83. The van der Waals surface area contributed by atoms with Gasteiger partial charge in [0, 0.05) is 25.2 Å². The molecule has 0 aliphatic carbocycles. The van der Waals surface area contributed by atoms with Gasteiger partial charge in [-0.25, -0.2) is 0 Å². The van der Waals surface area contributed by atoms with Crippen LogP contribution in [0.15, 0.2) is 30.3 Å². The van der Waals surface area contributed by atoms with Crippen molar-refractivity contribution in [2.24, 2.45) is 0 Å². The molecule has 0 aromatic heterocycles. The van der Waals surface area contributed by atoms with Crippen LogP contribution >= 0.6 is 0 Å². The normalized spacial score (nSPS) is 18.9. The average molecular weight is 272 g/mol. The summed E-state index contributed by atoms with van der Waals surface area (Å²) < 4.78 is 5.11. The number of nitrogens with one attached hydrogen (secondary N) is 1. The Bertz CT molecular complexity index is 490. The summed E-state index contributed by atoms with van der Waals surface area (Å²) in [5.74, 6) is 6.09. The monoisotopic (exact) mass is 272 g/mol. The zero-order valence-electron chi connectivity index (χ0n) is 11.8. The van der Waals surface area contributed by atoms with E-state index in [1.54, 1.807) is 0 Å². The molecule has 0 spiro atoms. The maximum atomic E-state index is 11.9. The van der Waals surface area contributed by atoms with Gasteiger partial charge in [0.05, 0.1) is 13.2 Å². The van der Waals surface area contributed by atoms with Gasteiger partial charge in [-0.15, -0.1) is 0 Å². The Labute approximate surface area is 120 Å². The van der Waals surface area contributed by atoms with Crippen molar-refractivity contribution in [3.8, 4) is 11.8 Å². The van der Waals surface area contributed by atoms with Crippen LogP contribution in [0.3, 0.4) is 0 Å². The first-order valence-electron chi connectivity index (χ1n) is 6.96. The van der Waals surface area contributed by atoms with Gasteiger partial charge < -0.3 is 10.1 Å². The van der Waals surface area contributed by atoms with Gasteiger partial charge >= 0.3 is 5.97 Å². The van der Waals surface area contributed by atoms with E-state index in [2.05, 4.69) is 22.1 Å². The minimum absolute atomic E-state index is 0.166. The minimum Gasteiger partial charge on any atom is -0.465 e. The van der Waals surface area contributed by atoms with E-state index in [1.165, 1.54) is 0 Å². The van der Waals surface area contributed by atoms with Crippen molar-refractivity contribution < 1.29 is 9.53 Å². The van der Waals surface area contributed by atoms with E-state index < -0.39 is 0 Å². The number of nitrogens with zero attached hydrogens (tertiary/aromatic N) is 1. The lowest BCUT2D eigenvalue weighted by molar-refractivity contribution is -0.149. The van der Waals surface area contributed by atoms with Crippen molar-refractivity contribution in [1.29, 1.82) is 0 Å². The van der Waals surface area contributed by atoms with Crippen molar-refractivity contribution in [1.82, 2.24) is 10.2 Å². The highest BCUT2D eigenvalue weighted by Crippen LogP contribution is 2.05. The zero-order chi connectivity index (χ0) is 14.2. The fourth-order valence-corrected chi connectivity index (χ4v) is 2.17. The SMILES string of the molecule is CCOC(=O)C1CNCCN1CC#Cc1ccccc1. The third kappa shape index (κ3) is 4.09. The minimum atomic E-state index is -0.228. The summed E-state index contributed by atoms with van der Waals surface area (Å²) in [5, 5.41) is 3.22. The molecule has 0 bridgehead atoms. The molecule has 1 saturated heterocycles. The van der Waals surface area contributed by atoms with E-state index in [1.807, 2.05) is 37.3 Å². The molecule has 20 heavy (non-hydrogen) atoms. The molecule has 4 nitrogen and oxygen atoms in total. The van der Waals surface area contributed by atoms with Crippen LogP contribution in [0.2, 0.25) is 0 Å². The summed E-state index contributed by atoms with van der Waals surface area (Å²) in [5.41, 5.74) is 0.996. The Balaban J connectivity index is 1.96. The predicted molar refractivity (Wildman–Crippen MR) is 78.2 cm³/mol. The smallest absolute Gasteiger partial charge is 0.324 e. The number of hydrogen-bond acceptors (Lipinski definition) is 4. The fraction of sp³-hybridized carbons (Fsp3) is 0.438. The Morgan fingerprint density at radius 2 is 2.25 bits per heavy atom. The number of hydrogen-bond donors (Lipinski definition) is 1. The third-order valence-electron chi connectivity index (χ3n) is 3.20. The summed E-state index contributed by atoms with van der Waals surface area (Å²) in [7, 11) is 0. The highest BCUT2D eigenvalue weighted by molar-refractivity contribution is 5.76. The lowest BCUT2D eigenvalue weighted by Gasteiger charge is -2.32. The number of carbonyl (C=O) groups is 1. The molecule has 1 aliphatic heterocycles. The lowest BCUT2D eigenvalue weighted by Crippen LogP contribution is -2.55. The van der Waals surface area contributed by atoms with Gasteiger partial charge in [0.1, 0.15) is 6.04 Å². The number of esters is 1. The Morgan fingerprint density at radius 3 is 3.00 bits per heavy atom. The van der Waals surface area contributed by atoms with Crippen LogP contribution < -0.4 is 5.32 Å². The first-order chi connectivity index (χ1) is 9.81. The van der Waals surface area contributed by atoms with Crippen molar-refractivity contribution in [2.75, 3.05) is 32.8 Å². The highest BCUT2D eigenvalue weighted by Gasteiger charge is 2.28. The number of benzene rings is 1. The van der Waals surface area contributed by atoms with E-state index in [0.717, 1.165) is 18.7 Å². The summed E-state index contributed by atoms with van der Waals surface area (Å²) in [6.45, 7) is 5.15. The maximum absolute atomic E-state index is 11.9. The van der Waals surface area contributed by atoms with E-state index in [4.69, 9.17) is 4.74 Å². The summed E-state index contributed by atoms with van der Waals surface area (Å²) in [6, 6.07) is 9.64. The van der Waals surface area contributed by atoms with Crippen LogP contribution in [0.5, 0.6) is 0 Å². The number of rotatable bonds is 3. The second-order valence-electron chi connectivity index (χ2n) is 4.61. The van der Waals surface area contributed by atoms with Gasteiger partial charge in [-0.2, -0.15) is 0 Å². The maximum Gasteiger partial charge on any atom is 0.324 e. The van der Waals surface area contributed by atoms with E-state index in [-0.39, 0.29) is 12.0 Å². The molecule has 106 valence electrons. The van der Waals surface area contributed by atoms with Crippen molar-refractivity contribution in [2.45, 2.75) is 13.0 Å². The largest absolute Gasteiger partial charge is 0.465 e. The van der Waals surface area contributed by atoms with Crippen LogP contribution in [0.1, 0.15) is 12.5 Å². The van der Waals surface area contributed by atoms with E-state index in [9.17, 15) is 4.79 Å². The first kappa shape index (κ1) is 14.6. The van der Waals surface area contributed by atoms with E-state index in [0.29, 0.717) is 19.7 Å². The molecule has 0 saturated carbocycles. The van der Waals surface area contributed by atoms with Crippen LogP contribution in [0, 0.1) is 11.8 Å². The Morgan fingerprint density at radius 1 is 1.45 bits per heavy atom. The second kappa shape index (κ2) is 7.68. The molecule has 4 heteroatoms. The molecule has 1 N–H and O–H groups in total. The van der Waals surface area contributed by atoms with Crippen molar-refractivity contribution in [3.05, 3.63) is 35.9 Å². The van der Waals surface area contributed by atoms with Gasteiger partial charge in [-0.1, -0.05) is 30.0 Å². The molecule has 1 atom stereocenters. The first-order valence-corrected chi connectivity index (χ1v) is 6.96. The molecule has 1 unspecified atom stereocenters. The summed E-state index contributed by atoms with van der Waals surface area (Å²) >= 11 is 0. The molecule has 1 fully saturated rings. The summed E-state index contributed by atoms with van der Waals surface area (Å²) in [6.07, 6.45) is 0.